The molecule has 0 spiro atoms. The lowest BCUT2D eigenvalue weighted by atomic mass is 10.1. The fourth-order valence-corrected chi connectivity index (χ4v) is 4.45. The van der Waals surface area contributed by atoms with Gasteiger partial charge in [-0.3, -0.25) is 14.7 Å². The molecule has 0 saturated carbocycles. The monoisotopic (exact) mass is 482 g/mol. The molecule has 8 nitrogen and oxygen atoms in total. The van der Waals surface area contributed by atoms with Crippen LogP contribution in [0.3, 0.4) is 0 Å². The normalized spacial score (nSPS) is 14.1. The fraction of sp³-hybridized carbons (Fsp3) is 0.286. The summed E-state index contributed by atoms with van der Waals surface area (Å²) >= 11 is 0. The topological polar surface area (TPSA) is 87.1 Å². The van der Waals surface area contributed by atoms with Crippen LogP contribution in [0.15, 0.2) is 71.5 Å². The van der Waals surface area contributed by atoms with Gasteiger partial charge in [0.25, 0.3) is 11.5 Å². The standard InChI is InChI=1S/C28H30N6O2/c1-3-21-7-9-22(10-8-21)24-19-25(30-29-24)28(36)33-16-4-15-32(17-18-33)26-13-14-27(35)34(31-26)23-11-5-20(2)6-12-23/h5-14,19H,3-4,15-18H2,1-2H3,(H,29,30). The van der Waals surface area contributed by atoms with Gasteiger partial charge in [0, 0.05) is 37.8 Å². The molecule has 0 radical (unpaired) electrons. The van der Waals surface area contributed by atoms with Crippen LogP contribution in [0.1, 0.15) is 35.0 Å². The van der Waals surface area contributed by atoms with Crippen molar-refractivity contribution in [3.63, 3.8) is 0 Å². The molecule has 1 aliphatic heterocycles. The molecule has 0 aliphatic carbocycles. The molecule has 184 valence electrons. The third-order valence-electron chi connectivity index (χ3n) is 6.64. The minimum Gasteiger partial charge on any atom is -0.353 e. The summed E-state index contributed by atoms with van der Waals surface area (Å²) in [5.41, 5.74) is 5.19. The second-order valence-corrected chi connectivity index (χ2v) is 9.13. The van der Waals surface area contributed by atoms with E-state index in [1.165, 1.54) is 10.2 Å². The summed E-state index contributed by atoms with van der Waals surface area (Å²) in [6.45, 7) is 6.72. The Labute approximate surface area is 210 Å². The van der Waals surface area contributed by atoms with Crippen LogP contribution < -0.4 is 10.5 Å². The zero-order valence-corrected chi connectivity index (χ0v) is 20.6. The molecule has 36 heavy (non-hydrogen) atoms. The molecule has 1 amide bonds. The van der Waals surface area contributed by atoms with Crippen LogP contribution in [0.4, 0.5) is 5.82 Å². The molecule has 1 saturated heterocycles. The Morgan fingerprint density at radius 2 is 1.72 bits per heavy atom. The second-order valence-electron chi connectivity index (χ2n) is 9.13. The molecule has 0 unspecified atom stereocenters. The van der Waals surface area contributed by atoms with Gasteiger partial charge in [-0.25, -0.2) is 0 Å². The summed E-state index contributed by atoms with van der Waals surface area (Å²) in [5, 5.41) is 11.9. The first-order valence-corrected chi connectivity index (χ1v) is 12.4. The molecule has 5 rings (SSSR count). The summed E-state index contributed by atoms with van der Waals surface area (Å²) in [6, 6.07) is 21.1. The highest BCUT2D eigenvalue weighted by molar-refractivity contribution is 5.93. The number of hydrogen-bond acceptors (Lipinski definition) is 5. The average molecular weight is 483 g/mol. The zero-order valence-electron chi connectivity index (χ0n) is 20.6. The molecule has 0 atom stereocenters. The minimum absolute atomic E-state index is 0.0571. The Morgan fingerprint density at radius 1 is 0.944 bits per heavy atom. The number of anilines is 1. The largest absolute Gasteiger partial charge is 0.353 e. The van der Waals surface area contributed by atoms with Crippen molar-refractivity contribution in [1.82, 2.24) is 24.9 Å². The van der Waals surface area contributed by atoms with Crippen LogP contribution in [0, 0.1) is 6.92 Å². The third kappa shape index (κ3) is 4.93. The van der Waals surface area contributed by atoms with Crippen molar-refractivity contribution >= 4 is 11.7 Å². The number of nitrogens with one attached hydrogen (secondary N) is 1. The summed E-state index contributed by atoms with van der Waals surface area (Å²) in [7, 11) is 0. The van der Waals surface area contributed by atoms with Gasteiger partial charge in [-0.1, -0.05) is 48.9 Å². The first-order valence-electron chi connectivity index (χ1n) is 12.4. The molecule has 4 aromatic rings. The first-order chi connectivity index (χ1) is 17.5. The third-order valence-corrected chi connectivity index (χ3v) is 6.64. The van der Waals surface area contributed by atoms with Crippen LogP contribution >= 0.6 is 0 Å². The van der Waals surface area contributed by atoms with Crippen LogP contribution in [-0.2, 0) is 6.42 Å². The molecule has 2 aromatic heterocycles. The van der Waals surface area contributed by atoms with Gasteiger partial charge in [0.05, 0.1) is 11.4 Å². The van der Waals surface area contributed by atoms with Crippen molar-refractivity contribution < 1.29 is 4.79 Å². The van der Waals surface area contributed by atoms with E-state index in [9.17, 15) is 9.59 Å². The quantitative estimate of drug-likeness (QED) is 0.467. The maximum atomic E-state index is 13.2. The zero-order chi connectivity index (χ0) is 25.1. The van der Waals surface area contributed by atoms with Gasteiger partial charge in [0.1, 0.15) is 11.5 Å². The number of aromatic amines is 1. The van der Waals surface area contributed by atoms with Gasteiger partial charge in [0.2, 0.25) is 0 Å². The van der Waals surface area contributed by atoms with E-state index in [0.29, 0.717) is 25.3 Å². The number of H-pyrrole nitrogens is 1. The van der Waals surface area contributed by atoms with Gasteiger partial charge in [-0.2, -0.15) is 9.78 Å². The van der Waals surface area contributed by atoms with E-state index in [0.717, 1.165) is 47.7 Å². The fourth-order valence-electron chi connectivity index (χ4n) is 4.45. The van der Waals surface area contributed by atoms with Gasteiger partial charge in [-0.15, -0.1) is 5.10 Å². The van der Waals surface area contributed by atoms with E-state index < -0.39 is 0 Å². The van der Waals surface area contributed by atoms with E-state index in [-0.39, 0.29) is 11.5 Å². The van der Waals surface area contributed by atoms with Gasteiger partial charge < -0.3 is 9.80 Å². The number of amides is 1. The number of aryl methyl sites for hydroxylation is 2. The Morgan fingerprint density at radius 3 is 2.47 bits per heavy atom. The number of carbonyl (C=O) groups excluding carboxylic acids is 1. The molecule has 1 aliphatic rings. The molecule has 2 aromatic carbocycles. The van der Waals surface area contributed by atoms with Gasteiger partial charge in [-0.05, 0) is 49.6 Å². The van der Waals surface area contributed by atoms with Crippen molar-refractivity contribution in [1.29, 1.82) is 0 Å². The van der Waals surface area contributed by atoms with Crippen LogP contribution in [0.25, 0.3) is 16.9 Å². The predicted molar refractivity (Wildman–Crippen MR) is 141 cm³/mol. The number of rotatable bonds is 5. The van der Waals surface area contributed by atoms with Crippen molar-refractivity contribution in [3.8, 4) is 16.9 Å². The summed E-state index contributed by atoms with van der Waals surface area (Å²) < 4.78 is 1.43. The molecule has 1 N–H and O–H groups in total. The Bertz CT molecular complexity index is 1410. The van der Waals surface area contributed by atoms with E-state index in [2.05, 4.69) is 39.3 Å². The highest BCUT2D eigenvalue weighted by atomic mass is 16.2. The molecule has 0 bridgehead atoms. The molecule has 8 heteroatoms. The molecule has 1 fully saturated rings. The van der Waals surface area contributed by atoms with E-state index in [4.69, 9.17) is 0 Å². The number of nitrogens with zero attached hydrogens (tertiary/aromatic N) is 5. The van der Waals surface area contributed by atoms with Crippen molar-refractivity contribution in [2.24, 2.45) is 0 Å². The maximum Gasteiger partial charge on any atom is 0.271 e. The second kappa shape index (κ2) is 10.2. The van der Waals surface area contributed by atoms with Gasteiger partial charge >= 0.3 is 0 Å². The molecular formula is C28H30N6O2. The number of hydrogen-bond donors (Lipinski definition) is 1. The summed E-state index contributed by atoms with van der Waals surface area (Å²) in [5.74, 6) is 0.669. The average Bonchev–Trinajstić information content (AvgIpc) is 3.27. The Kier molecular flexibility index (Phi) is 6.66. The number of carbonyl (C=O) groups is 1. The molecular weight excluding hydrogens is 452 g/mol. The van der Waals surface area contributed by atoms with Crippen LogP contribution in [0.2, 0.25) is 0 Å². The lowest BCUT2D eigenvalue weighted by Crippen LogP contribution is -2.36. The number of aromatic nitrogens is 4. The maximum absolute atomic E-state index is 13.2. The highest BCUT2D eigenvalue weighted by Crippen LogP contribution is 2.20. The van der Waals surface area contributed by atoms with Crippen LogP contribution in [0.5, 0.6) is 0 Å². The summed E-state index contributed by atoms with van der Waals surface area (Å²) in [6.07, 6.45) is 1.79. The Balaban J connectivity index is 1.28. The molecule has 3 heterocycles. The highest BCUT2D eigenvalue weighted by Gasteiger charge is 2.23. The smallest absolute Gasteiger partial charge is 0.271 e. The van der Waals surface area contributed by atoms with Crippen molar-refractivity contribution in [2.75, 3.05) is 31.1 Å². The predicted octanol–water partition coefficient (Wildman–Crippen LogP) is 3.85. The lowest BCUT2D eigenvalue weighted by Gasteiger charge is -2.23. The SMILES string of the molecule is CCc1ccc(-c2cc(C(=O)N3CCCN(c4ccc(=O)n(-c5ccc(C)cc5)n4)CC3)[nH]n2)cc1. The van der Waals surface area contributed by atoms with Gasteiger partial charge in [0.15, 0.2) is 0 Å². The van der Waals surface area contributed by atoms with Crippen molar-refractivity contribution in [2.45, 2.75) is 26.7 Å². The summed E-state index contributed by atoms with van der Waals surface area (Å²) in [4.78, 5) is 29.7. The first kappa shape index (κ1) is 23.5. The van der Waals surface area contributed by atoms with Crippen LogP contribution in [-0.4, -0.2) is 57.0 Å². The minimum atomic E-state index is -0.173. The Hall–Kier alpha value is -4.20. The van der Waals surface area contributed by atoms with E-state index in [1.54, 1.807) is 12.1 Å². The van der Waals surface area contributed by atoms with E-state index >= 15 is 0 Å². The number of benzene rings is 2. The van der Waals surface area contributed by atoms with E-state index in [1.807, 2.05) is 54.3 Å². The lowest BCUT2D eigenvalue weighted by molar-refractivity contribution is 0.0761. The van der Waals surface area contributed by atoms with Crippen molar-refractivity contribution in [3.05, 3.63) is 93.9 Å².